The first-order chi connectivity index (χ1) is 18.0. The molecule has 37 heavy (non-hydrogen) atoms. The van der Waals surface area contributed by atoms with Crippen LogP contribution in [0.5, 0.6) is 11.5 Å². The number of Topliss-reactive ketones (excluding diaryl/α,β-unsaturated/α-hetero) is 1. The topological polar surface area (TPSA) is 93.5 Å². The molecule has 2 heterocycles. The lowest BCUT2D eigenvalue weighted by Crippen LogP contribution is -2.27. The number of ketones is 1. The van der Waals surface area contributed by atoms with E-state index in [1.807, 2.05) is 30.3 Å². The van der Waals surface area contributed by atoms with Crippen LogP contribution in [0.15, 0.2) is 89.9 Å². The van der Waals surface area contributed by atoms with E-state index in [0.29, 0.717) is 31.8 Å². The second kappa shape index (κ2) is 10.5. The third-order valence-corrected chi connectivity index (χ3v) is 7.08. The number of benzene rings is 3. The Bertz CT molecular complexity index is 1630. The van der Waals surface area contributed by atoms with Crippen molar-refractivity contribution in [3.05, 3.63) is 111 Å². The highest BCUT2D eigenvalue weighted by molar-refractivity contribution is 7.19. The van der Waals surface area contributed by atoms with E-state index in [4.69, 9.17) is 16.3 Å². The summed E-state index contributed by atoms with van der Waals surface area (Å²) in [6.45, 7) is 0. The molecule has 0 amide bonds. The van der Waals surface area contributed by atoms with E-state index in [0.717, 1.165) is 5.56 Å². The standard InChI is InChI=1S/C28H22ClN3O4S/c1-36-19-13-11-17(12-14-19)21(31-28-30-16-24(29)37-28)15-23(33)25-26(34)20-9-5-6-10-22(20)32(27(25)35)18-7-3-2-4-8-18/h2-14,16,21,34H,15H2,1H3,(H,30,31)/t21-/m0/s1. The van der Waals surface area contributed by atoms with Gasteiger partial charge in [-0.2, -0.15) is 0 Å². The second-order valence-corrected chi connectivity index (χ2v) is 9.95. The van der Waals surface area contributed by atoms with Crippen LogP contribution < -0.4 is 15.6 Å². The third-order valence-electron chi connectivity index (χ3n) is 6.03. The Kier molecular flexibility index (Phi) is 6.94. The van der Waals surface area contributed by atoms with E-state index in [1.54, 1.807) is 55.6 Å². The van der Waals surface area contributed by atoms with Gasteiger partial charge in [-0.15, -0.1) is 0 Å². The van der Waals surface area contributed by atoms with E-state index in [1.165, 1.54) is 22.1 Å². The minimum atomic E-state index is -0.585. The molecule has 5 aromatic rings. The van der Waals surface area contributed by atoms with Gasteiger partial charge in [0, 0.05) is 17.5 Å². The number of thiazole rings is 1. The quantitative estimate of drug-likeness (QED) is 0.230. The smallest absolute Gasteiger partial charge is 0.270 e. The van der Waals surface area contributed by atoms with Crippen LogP contribution >= 0.6 is 22.9 Å². The molecule has 0 spiro atoms. The largest absolute Gasteiger partial charge is 0.506 e. The minimum absolute atomic E-state index is 0.112. The Morgan fingerprint density at radius 3 is 2.46 bits per heavy atom. The fourth-order valence-electron chi connectivity index (χ4n) is 4.26. The highest BCUT2D eigenvalue weighted by Gasteiger charge is 2.26. The predicted octanol–water partition coefficient (Wildman–Crippen LogP) is 6.24. The van der Waals surface area contributed by atoms with Gasteiger partial charge in [-0.25, -0.2) is 4.98 Å². The van der Waals surface area contributed by atoms with Crippen molar-refractivity contribution in [2.24, 2.45) is 0 Å². The molecule has 7 nitrogen and oxygen atoms in total. The van der Waals surface area contributed by atoms with Gasteiger partial charge in [-0.3, -0.25) is 14.2 Å². The van der Waals surface area contributed by atoms with Crippen molar-refractivity contribution in [3.8, 4) is 17.2 Å². The second-order valence-electron chi connectivity index (χ2n) is 8.28. The molecule has 0 aliphatic rings. The minimum Gasteiger partial charge on any atom is -0.506 e. The Morgan fingerprint density at radius 2 is 1.78 bits per heavy atom. The van der Waals surface area contributed by atoms with Crippen molar-refractivity contribution in [3.63, 3.8) is 0 Å². The molecule has 2 N–H and O–H groups in total. The number of hydrogen-bond acceptors (Lipinski definition) is 7. The zero-order valence-electron chi connectivity index (χ0n) is 19.7. The van der Waals surface area contributed by atoms with E-state index in [9.17, 15) is 14.7 Å². The number of para-hydroxylation sites is 2. The molecule has 0 fully saturated rings. The molecule has 2 aromatic heterocycles. The fraction of sp³-hybridized carbons (Fsp3) is 0.107. The summed E-state index contributed by atoms with van der Waals surface area (Å²) in [5.41, 5.74) is 1.04. The summed E-state index contributed by atoms with van der Waals surface area (Å²) >= 11 is 7.30. The highest BCUT2D eigenvalue weighted by Crippen LogP contribution is 2.33. The van der Waals surface area contributed by atoms with Crippen LogP contribution in [0.2, 0.25) is 4.34 Å². The number of carbonyl (C=O) groups excluding carboxylic acids is 1. The normalized spacial score (nSPS) is 11.8. The average molecular weight is 532 g/mol. The molecular weight excluding hydrogens is 510 g/mol. The molecule has 0 aliphatic carbocycles. The number of carbonyl (C=O) groups is 1. The lowest BCUT2D eigenvalue weighted by molar-refractivity contribution is 0.0972. The monoisotopic (exact) mass is 531 g/mol. The van der Waals surface area contributed by atoms with Gasteiger partial charge in [0.25, 0.3) is 5.56 Å². The summed E-state index contributed by atoms with van der Waals surface area (Å²) in [4.78, 5) is 31.7. The van der Waals surface area contributed by atoms with Crippen molar-refractivity contribution in [2.45, 2.75) is 12.5 Å². The molecule has 0 aliphatic heterocycles. The maximum Gasteiger partial charge on any atom is 0.270 e. The molecular formula is C28H22ClN3O4S. The number of halogens is 1. The van der Waals surface area contributed by atoms with Crippen LogP contribution in [0.25, 0.3) is 16.6 Å². The molecule has 3 aromatic carbocycles. The number of nitrogens with zero attached hydrogens (tertiary/aromatic N) is 2. The highest BCUT2D eigenvalue weighted by atomic mass is 35.5. The Labute approximate surface area is 221 Å². The van der Waals surface area contributed by atoms with Gasteiger partial charge >= 0.3 is 0 Å². The maximum absolute atomic E-state index is 13.7. The number of anilines is 1. The van der Waals surface area contributed by atoms with Crippen molar-refractivity contribution in [1.29, 1.82) is 0 Å². The lowest BCUT2D eigenvalue weighted by Gasteiger charge is -2.20. The molecule has 0 saturated carbocycles. The van der Waals surface area contributed by atoms with E-state index in [-0.39, 0.29) is 17.7 Å². The van der Waals surface area contributed by atoms with Gasteiger partial charge in [0.05, 0.1) is 24.9 Å². The number of fused-ring (bicyclic) bond motifs is 1. The number of aromatic hydroxyl groups is 1. The number of pyridine rings is 1. The summed E-state index contributed by atoms with van der Waals surface area (Å²) in [6.07, 6.45) is 1.41. The first kappa shape index (κ1) is 24.5. The molecule has 9 heteroatoms. The van der Waals surface area contributed by atoms with E-state index in [2.05, 4.69) is 10.3 Å². The van der Waals surface area contributed by atoms with Gasteiger partial charge in [0.15, 0.2) is 10.9 Å². The first-order valence-electron chi connectivity index (χ1n) is 11.4. The Morgan fingerprint density at radius 1 is 1.08 bits per heavy atom. The number of hydrogen-bond donors (Lipinski definition) is 2. The summed E-state index contributed by atoms with van der Waals surface area (Å²) in [6, 6.07) is 22.7. The van der Waals surface area contributed by atoms with Crippen LogP contribution in [-0.4, -0.2) is 27.6 Å². The van der Waals surface area contributed by atoms with Crippen molar-refractivity contribution >= 4 is 44.8 Å². The summed E-state index contributed by atoms with van der Waals surface area (Å²) in [5, 5.41) is 15.3. The Balaban J connectivity index is 1.60. The third kappa shape index (κ3) is 4.94. The fourth-order valence-corrected chi connectivity index (χ4v) is 5.12. The van der Waals surface area contributed by atoms with E-state index < -0.39 is 17.4 Å². The number of methoxy groups -OCH3 is 1. The van der Waals surface area contributed by atoms with Gasteiger partial charge in [-0.05, 0) is 42.0 Å². The summed E-state index contributed by atoms with van der Waals surface area (Å²) < 4.78 is 7.21. The molecule has 186 valence electrons. The molecule has 5 rings (SSSR count). The maximum atomic E-state index is 13.7. The SMILES string of the molecule is COc1ccc([C@H](CC(=O)c2c(O)c3ccccc3n(-c3ccccc3)c2=O)Nc2ncc(Cl)s2)cc1. The van der Waals surface area contributed by atoms with Crippen LogP contribution in [0.3, 0.4) is 0 Å². The molecule has 1 atom stereocenters. The Hall–Kier alpha value is -4.14. The van der Waals surface area contributed by atoms with Gasteiger partial charge in [-0.1, -0.05) is 65.4 Å². The average Bonchev–Trinajstić information content (AvgIpc) is 3.33. The van der Waals surface area contributed by atoms with Crippen molar-refractivity contribution < 1.29 is 14.6 Å². The van der Waals surface area contributed by atoms with Crippen LogP contribution in [-0.2, 0) is 0 Å². The zero-order chi connectivity index (χ0) is 25.9. The van der Waals surface area contributed by atoms with Crippen LogP contribution in [0, 0.1) is 0 Å². The van der Waals surface area contributed by atoms with Crippen LogP contribution in [0.4, 0.5) is 5.13 Å². The molecule has 0 bridgehead atoms. The lowest BCUT2D eigenvalue weighted by atomic mass is 9.96. The van der Waals surface area contributed by atoms with E-state index >= 15 is 0 Å². The number of ether oxygens (including phenoxy) is 1. The van der Waals surface area contributed by atoms with Crippen molar-refractivity contribution in [2.75, 3.05) is 12.4 Å². The molecule has 0 radical (unpaired) electrons. The van der Waals surface area contributed by atoms with Crippen LogP contribution in [0.1, 0.15) is 28.4 Å². The molecule has 0 unspecified atom stereocenters. The number of rotatable bonds is 8. The van der Waals surface area contributed by atoms with Gasteiger partial charge in [0.2, 0.25) is 0 Å². The van der Waals surface area contributed by atoms with Gasteiger partial charge < -0.3 is 15.2 Å². The predicted molar refractivity (Wildman–Crippen MR) is 147 cm³/mol. The number of nitrogens with one attached hydrogen (secondary N) is 1. The summed E-state index contributed by atoms with van der Waals surface area (Å²) in [7, 11) is 1.58. The molecule has 0 saturated heterocycles. The zero-order valence-corrected chi connectivity index (χ0v) is 21.3. The van der Waals surface area contributed by atoms with Gasteiger partial charge in [0.1, 0.15) is 21.4 Å². The van der Waals surface area contributed by atoms with Crippen molar-refractivity contribution in [1.82, 2.24) is 9.55 Å². The summed E-state index contributed by atoms with van der Waals surface area (Å²) in [5.74, 6) is -0.165. The first-order valence-corrected chi connectivity index (χ1v) is 12.6. The number of aromatic nitrogens is 2.